The lowest BCUT2D eigenvalue weighted by molar-refractivity contribution is -0.210. The molecular formula is C48H61N3O12. The van der Waals surface area contributed by atoms with Crippen molar-refractivity contribution in [1.29, 1.82) is 0 Å². The number of hydrogen-bond donors (Lipinski definition) is 0. The van der Waals surface area contributed by atoms with Gasteiger partial charge in [-0.25, -0.2) is 14.4 Å². The quantitative estimate of drug-likeness (QED) is 0.236. The minimum Gasteiger partial charge on any atom is -0.462 e. The Morgan fingerprint density at radius 1 is 0.730 bits per heavy atom. The van der Waals surface area contributed by atoms with Crippen LogP contribution in [0.4, 0.5) is 0 Å². The van der Waals surface area contributed by atoms with Crippen molar-refractivity contribution in [3.8, 4) is 0 Å². The van der Waals surface area contributed by atoms with Crippen molar-refractivity contribution < 1.29 is 57.2 Å². The maximum atomic E-state index is 15.2. The van der Waals surface area contributed by atoms with Crippen LogP contribution in [0.2, 0.25) is 0 Å². The molecule has 16 atom stereocenters. The van der Waals surface area contributed by atoms with Gasteiger partial charge in [-0.2, -0.15) is 0 Å². The van der Waals surface area contributed by atoms with Crippen molar-refractivity contribution in [3.63, 3.8) is 0 Å². The highest BCUT2D eigenvalue weighted by Gasteiger charge is 2.72. The van der Waals surface area contributed by atoms with Crippen LogP contribution in [0.25, 0.3) is 0 Å². The first-order chi connectivity index (χ1) is 30.0. The number of nitrogens with zero attached hydrogens (tertiary/aromatic N) is 3. The Labute approximate surface area is 368 Å². The van der Waals surface area contributed by atoms with Crippen molar-refractivity contribution in [2.24, 2.45) is 17.3 Å². The van der Waals surface area contributed by atoms with E-state index in [4.69, 9.17) is 28.4 Å². The van der Waals surface area contributed by atoms with Gasteiger partial charge in [0.15, 0.2) is 0 Å². The molecule has 0 aromatic heterocycles. The maximum Gasteiger partial charge on any atom is 0.334 e. The highest BCUT2D eigenvalue weighted by molar-refractivity contribution is 5.97. The zero-order valence-electron chi connectivity index (χ0n) is 37.3. The first-order valence-corrected chi connectivity index (χ1v) is 22.8. The second-order valence-electron chi connectivity index (χ2n) is 19.8. The summed E-state index contributed by atoms with van der Waals surface area (Å²) < 4.78 is 37.2. The van der Waals surface area contributed by atoms with Crippen LogP contribution in [0.3, 0.4) is 0 Å². The highest BCUT2D eigenvalue weighted by atomic mass is 16.6. The highest BCUT2D eigenvalue weighted by Crippen LogP contribution is 2.63. The third-order valence-corrected chi connectivity index (χ3v) is 16.4. The SMILES string of the molecule is C/C=C(/C)C(=O)O[C@@H]1C[C@H]2C[C@@H](OC(=O)[C@H]3[C@@H](c4ccccc4)[C@@H]4C(=O)O[C@@H]5C[C@H]6C[C@H](C[C@@H]5N6C)OC(=O)/C=C(\C)C(=O)O[C@@H]5C[C@@H]6C[C@@H](OC(=O)[C@@]34C)[C@H](C5)N6C)C[C@@H]1N2C. The maximum absolute atomic E-state index is 15.2. The Balaban J connectivity index is 1.04. The minimum absolute atomic E-state index is 0.0125. The lowest BCUT2D eigenvalue weighted by Gasteiger charge is -2.55. The molecular weight excluding hydrogens is 811 g/mol. The van der Waals surface area contributed by atoms with Crippen LogP contribution in [0, 0.1) is 17.3 Å². The molecule has 1 aromatic carbocycles. The molecule has 1 aliphatic carbocycles. The Kier molecular flexibility index (Phi) is 11.6. The van der Waals surface area contributed by atoms with Crippen LogP contribution >= 0.6 is 0 Å². The average Bonchev–Trinajstić information content (AvgIpc) is 3.57. The van der Waals surface area contributed by atoms with Crippen LogP contribution in [-0.4, -0.2) is 145 Å². The number of allylic oxidation sites excluding steroid dienone is 1. The van der Waals surface area contributed by atoms with Gasteiger partial charge < -0.3 is 28.4 Å². The van der Waals surface area contributed by atoms with Crippen molar-refractivity contribution in [3.05, 3.63) is 59.2 Å². The fraction of sp³-hybridized carbons (Fsp3) is 0.667. The fourth-order valence-electron chi connectivity index (χ4n) is 12.7. The molecule has 0 unspecified atom stereocenters. The summed E-state index contributed by atoms with van der Waals surface area (Å²) in [5.41, 5.74) is -0.311. The molecule has 7 aliphatic heterocycles. The Hall–Kier alpha value is -4.60. The molecule has 7 heterocycles. The minimum atomic E-state index is -1.68. The number of ether oxygens (including phenoxy) is 6. The Morgan fingerprint density at radius 2 is 1.33 bits per heavy atom. The van der Waals surface area contributed by atoms with Gasteiger partial charge in [0.05, 0.1) is 35.4 Å². The first-order valence-electron chi connectivity index (χ1n) is 22.8. The lowest BCUT2D eigenvalue weighted by atomic mass is 9.45. The van der Waals surface area contributed by atoms with Gasteiger partial charge in [0.1, 0.15) is 36.6 Å². The molecule has 9 rings (SSSR count). The molecule has 6 saturated heterocycles. The second-order valence-corrected chi connectivity index (χ2v) is 19.8. The van der Waals surface area contributed by atoms with E-state index in [1.54, 1.807) is 26.8 Å². The fourth-order valence-corrected chi connectivity index (χ4v) is 12.7. The van der Waals surface area contributed by atoms with Crippen molar-refractivity contribution >= 4 is 35.8 Å². The summed E-state index contributed by atoms with van der Waals surface area (Å²) in [7, 11) is 5.93. The van der Waals surface area contributed by atoms with Crippen LogP contribution in [-0.2, 0) is 57.2 Å². The zero-order chi connectivity index (χ0) is 44.6. The molecule has 1 aromatic rings. The monoisotopic (exact) mass is 871 g/mol. The Morgan fingerprint density at radius 3 is 1.98 bits per heavy atom. The summed E-state index contributed by atoms with van der Waals surface area (Å²) >= 11 is 0. The number of piperidine rings is 3. The predicted molar refractivity (Wildman–Crippen MR) is 224 cm³/mol. The van der Waals surface area contributed by atoms with Gasteiger partial charge in [-0.1, -0.05) is 36.4 Å². The standard InChI is InChI=1S/C48H61N3O12/c1-8-24(2)43(53)61-36-18-28-17-32(23-34(36)50(28)6)60-45(55)41-40(26-12-10-9-11-13-26)42-46(56)62-37-19-27-15-30(21-33(37)49(27)5)58-39(52)14-25(3)44(54)59-31-16-29-20-38(35(22-31)51(29)7)63-47(57)48(41,42)4/h8-14,27-38,40-42H,15-23H2,1-7H3/b24-8-,25-14+/t27-,28-,29-,30-,31-,32-,33+,34+,35+,36-,37-,38-,40-,41-,42-,48+/m1/s1. The van der Waals surface area contributed by atoms with Crippen molar-refractivity contribution in [2.75, 3.05) is 21.1 Å². The van der Waals surface area contributed by atoms with Crippen LogP contribution in [0.15, 0.2) is 53.6 Å². The average molecular weight is 872 g/mol. The largest absolute Gasteiger partial charge is 0.462 e. The summed E-state index contributed by atoms with van der Waals surface area (Å²) in [6.07, 6.45) is 4.29. The summed E-state index contributed by atoms with van der Waals surface area (Å²) in [6.45, 7) is 6.70. The van der Waals surface area contributed by atoms with Gasteiger partial charge in [0.2, 0.25) is 0 Å². The summed E-state index contributed by atoms with van der Waals surface area (Å²) in [5.74, 6) is -6.40. The number of carbonyl (C=O) groups is 6. The van der Waals surface area contributed by atoms with E-state index in [1.165, 1.54) is 13.0 Å². The van der Waals surface area contributed by atoms with Gasteiger partial charge in [0, 0.05) is 99.1 Å². The van der Waals surface area contributed by atoms with E-state index in [-0.39, 0.29) is 53.9 Å². The molecule has 15 nitrogen and oxygen atoms in total. The van der Waals surface area contributed by atoms with Crippen LogP contribution in [0.1, 0.15) is 97.0 Å². The van der Waals surface area contributed by atoms with E-state index < -0.39 is 83.5 Å². The lowest BCUT2D eigenvalue weighted by Crippen LogP contribution is -2.65. The predicted octanol–water partition coefficient (Wildman–Crippen LogP) is 4.02. The van der Waals surface area contributed by atoms with E-state index in [0.29, 0.717) is 68.9 Å². The molecule has 63 heavy (non-hydrogen) atoms. The van der Waals surface area contributed by atoms with Crippen molar-refractivity contribution in [2.45, 2.75) is 164 Å². The molecule has 8 bridgehead atoms. The number of benzene rings is 1. The first kappa shape index (κ1) is 43.6. The second kappa shape index (κ2) is 16.8. The molecule has 15 heteroatoms. The van der Waals surface area contributed by atoms with Gasteiger partial charge in [0.25, 0.3) is 0 Å². The summed E-state index contributed by atoms with van der Waals surface area (Å²) in [5, 5.41) is 0. The number of hydrogen-bond acceptors (Lipinski definition) is 15. The van der Waals surface area contributed by atoms with Crippen LogP contribution < -0.4 is 0 Å². The molecule has 0 radical (unpaired) electrons. The number of fused-ring (bicyclic) bond motifs is 7. The summed E-state index contributed by atoms with van der Waals surface area (Å²) in [6, 6.07) is 8.45. The zero-order valence-corrected chi connectivity index (χ0v) is 37.3. The smallest absolute Gasteiger partial charge is 0.334 e. The van der Waals surface area contributed by atoms with E-state index in [2.05, 4.69) is 14.7 Å². The van der Waals surface area contributed by atoms with E-state index in [1.807, 2.05) is 51.5 Å². The molecule has 0 spiro atoms. The van der Waals surface area contributed by atoms with E-state index in [0.717, 1.165) is 0 Å². The number of esters is 6. The van der Waals surface area contributed by atoms with Gasteiger partial charge in [-0.3, -0.25) is 29.1 Å². The van der Waals surface area contributed by atoms with Gasteiger partial charge in [-0.15, -0.1) is 0 Å². The van der Waals surface area contributed by atoms with Crippen LogP contribution in [0.5, 0.6) is 0 Å². The van der Waals surface area contributed by atoms with Gasteiger partial charge >= 0.3 is 35.8 Å². The molecule has 340 valence electrons. The molecule has 0 amide bonds. The van der Waals surface area contributed by atoms with E-state index in [9.17, 15) is 24.0 Å². The van der Waals surface area contributed by atoms with Gasteiger partial charge in [-0.05, 0) is 54.4 Å². The normalized spacial score (nSPS) is 42.8. The molecule has 1 saturated carbocycles. The third-order valence-electron chi connectivity index (χ3n) is 16.4. The number of rotatable bonds is 5. The third kappa shape index (κ3) is 7.69. The molecule has 7 fully saturated rings. The molecule has 0 N–H and O–H groups in total. The van der Waals surface area contributed by atoms with E-state index >= 15 is 4.79 Å². The molecule has 8 aliphatic rings. The summed E-state index contributed by atoms with van der Waals surface area (Å²) in [4.78, 5) is 90.8. The Bertz CT molecular complexity index is 2090. The number of likely N-dealkylation sites (N-methyl/N-ethyl adjacent to an activating group) is 3. The van der Waals surface area contributed by atoms with Crippen molar-refractivity contribution in [1.82, 2.24) is 14.7 Å². The number of carbonyl (C=O) groups excluding carboxylic acids is 6. The topological polar surface area (TPSA) is 168 Å².